The van der Waals surface area contributed by atoms with E-state index in [-0.39, 0.29) is 17.0 Å². The molecule has 0 spiro atoms. The van der Waals surface area contributed by atoms with Crippen LogP contribution in [0, 0.1) is 0 Å². The van der Waals surface area contributed by atoms with Gasteiger partial charge in [-0.3, -0.25) is 0 Å². The lowest BCUT2D eigenvalue weighted by Gasteiger charge is -2.22. The Morgan fingerprint density at radius 1 is 1.28 bits per heavy atom. The van der Waals surface area contributed by atoms with Gasteiger partial charge in [0.2, 0.25) is 0 Å². The van der Waals surface area contributed by atoms with Crippen molar-refractivity contribution >= 4 is 29.0 Å². The molecule has 1 aliphatic rings. The fourth-order valence-electron chi connectivity index (χ4n) is 2.16. The number of hydrogen-bond acceptors (Lipinski definition) is 3. The SMILES string of the molecule is O=C(Nc1ccsc1C(=O)O)NC1CCCCC1. The number of carbonyl (C=O) groups excluding carboxylic acids is 1. The van der Waals surface area contributed by atoms with Crippen LogP contribution < -0.4 is 10.6 Å². The second kappa shape index (κ2) is 5.86. The highest BCUT2D eigenvalue weighted by molar-refractivity contribution is 7.12. The van der Waals surface area contributed by atoms with E-state index in [9.17, 15) is 9.59 Å². The van der Waals surface area contributed by atoms with Gasteiger partial charge in [-0.2, -0.15) is 0 Å². The average Bonchev–Trinajstić information content (AvgIpc) is 2.78. The number of carboxylic acid groups (broad SMARTS) is 1. The Labute approximate surface area is 109 Å². The molecule has 2 amide bonds. The fraction of sp³-hybridized carbons (Fsp3) is 0.500. The lowest BCUT2D eigenvalue weighted by atomic mass is 9.96. The van der Waals surface area contributed by atoms with E-state index in [1.54, 1.807) is 11.4 Å². The first kappa shape index (κ1) is 12.9. The number of anilines is 1. The van der Waals surface area contributed by atoms with Gasteiger partial charge in [0.1, 0.15) is 4.88 Å². The molecule has 0 unspecified atom stereocenters. The lowest BCUT2D eigenvalue weighted by Crippen LogP contribution is -2.39. The number of thiophene rings is 1. The molecule has 1 aromatic rings. The zero-order valence-corrected chi connectivity index (χ0v) is 10.8. The molecule has 0 saturated heterocycles. The molecule has 1 saturated carbocycles. The van der Waals surface area contributed by atoms with E-state index < -0.39 is 5.97 Å². The molecule has 1 aromatic heterocycles. The maximum absolute atomic E-state index is 11.7. The number of hydrogen-bond donors (Lipinski definition) is 3. The number of aromatic carboxylic acids is 1. The van der Waals surface area contributed by atoms with Crippen molar-refractivity contribution < 1.29 is 14.7 Å². The Hall–Kier alpha value is -1.56. The van der Waals surface area contributed by atoms with Gasteiger partial charge in [0.15, 0.2) is 0 Å². The number of carboxylic acids is 1. The van der Waals surface area contributed by atoms with E-state index in [1.165, 1.54) is 6.42 Å². The standard InChI is InChI=1S/C12H16N2O3S/c15-11(16)10-9(6-7-18-10)14-12(17)13-8-4-2-1-3-5-8/h6-8H,1-5H2,(H,15,16)(H2,13,14,17). The van der Waals surface area contributed by atoms with E-state index >= 15 is 0 Å². The monoisotopic (exact) mass is 268 g/mol. The van der Waals surface area contributed by atoms with E-state index in [2.05, 4.69) is 10.6 Å². The van der Waals surface area contributed by atoms with E-state index in [0.29, 0.717) is 5.69 Å². The van der Waals surface area contributed by atoms with Crippen molar-refractivity contribution in [2.45, 2.75) is 38.1 Å². The van der Waals surface area contributed by atoms with Crippen molar-refractivity contribution in [3.63, 3.8) is 0 Å². The molecule has 1 heterocycles. The summed E-state index contributed by atoms with van der Waals surface area (Å²) in [5, 5.41) is 16.1. The molecule has 1 aliphatic carbocycles. The van der Waals surface area contributed by atoms with Crippen LogP contribution in [-0.2, 0) is 0 Å². The molecule has 0 radical (unpaired) electrons. The summed E-state index contributed by atoms with van der Waals surface area (Å²) >= 11 is 1.10. The molecule has 3 N–H and O–H groups in total. The van der Waals surface area contributed by atoms with Crippen LogP contribution >= 0.6 is 11.3 Å². The maximum atomic E-state index is 11.7. The van der Waals surface area contributed by atoms with Crippen LogP contribution in [0.25, 0.3) is 0 Å². The highest BCUT2D eigenvalue weighted by atomic mass is 32.1. The van der Waals surface area contributed by atoms with Gasteiger partial charge in [-0.15, -0.1) is 11.3 Å². The van der Waals surface area contributed by atoms with Gasteiger partial charge in [-0.1, -0.05) is 19.3 Å². The topological polar surface area (TPSA) is 78.4 Å². The van der Waals surface area contributed by atoms with Crippen LogP contribution in [0.2, 0.25) is 0 Å². The number of amides is 2. The predicted octanol–water partition coefficient (Wildman–Crippen LogP) is 2.90. The second-order valence-corrected chi connectivity index (χ2v) is 5.32. The normalized spacial score (nSPS) is 16.2. The maximum Gasteiger partial charge on any atom is 0.348 e. The van der Waals surface area contributed by atoms with E-state index in [0.717, 1.165) is 37.0 Å². The lowest BCUT2D eigenvalue weighted by molar-refractivity contribution is 0.0703. The largest absolute Gasteiger partial charge is 0.477 e. The second-order valence-electron chi connectivity index (χ2n) is 4.40. The van der Waals surface area contributed by atoms with Gasteiger partial charge < -0.3 is 15.7 Å². The molecule has 5 nitrogen and oxygen atoms in total. The zero-order valence-electron chi connectivity index (χ0n) is 9.94. The zero-order chi connectivity index (χ0) is 13.0. The molecule has 18 heavy (non-hydrogen) atoms. The van der Waals surface area contributed by atoms with Crippen LogP contribution in [0.15, 0.2) is 11.4 Å². The van der Waals surface area contributed by atoms with Crippen LogP contribution in [0.4, 0.5) is 10.5 Å². The Morgan fingerprint density at radius 2 is 2.00 bits per heavy atom. The molecule has 0 aliphatic heterocycles. The number of nitrogens with one attached hydrogen (secondary N) is 2. The number of carbonyl (C=O) groups is 2. The Balaban J connectivity index is 1.90. The number of rotatable bonds is 3. The number of urea groups is 1. The first-order chi connectivity index (χ1) is 8.66. The van der Waals surface area contributed by atoms with Crippen molar-refractivity contribution in [1.82, 2.24) is 5.32 Å². The fourth-order valence-corrected chi connectivity index (χ4v) is 2.85. The van der Waals surface area contributed by atoms with Crippen molar-refractivity contribution in [2.75, 3.05) is 5.32 Å². The average molecular weight is 268 g/mol. The van der Waals surface area contributed by atoms with Crippen molar-refractivity contribution in [2.24, 2.45) is 0 Å². The molecule has 2 rings (SSSR count). The van der Waals surface area contributed by atoms with Crippen molar-refractivity contribution in [1.29, 1.82) is 0 Å². The molecule has 98 valence electrons. The predicted molar refractivity (Wildman–Crippen MR) is 70.3 cm³/mol. The van der Waals surface area contributed by atoms with Crippen molar-refractivity contribution in [3.05, 3.63) is 16.3 Å². The Kier molecular flexibility index (Phi) is 4.19. The van der Waals surface area contributed by atoms with Gasteiger partial charge in [0, 0.05) is 6.04 Å². The summed E-state index contributed by atoms with van der Waals surface area (Å²) in [6.45, 7) is 0. The molecular formula is C12H16N2O3S. The minimum atomic E-state index is -1.02. The highest BCUT2D eigenvalue weighted by Crippen LogP contribution is 2.22. The van der Waals surface area contributed by atoms with Crippen LogP contribution in [0.1, 0.15) is 41.8 Å². The van der Waals surface area contributed by atoms with Crippen LogP contribution in [-0.4, -0.2) is 23.1 Å². The Morgan fingerprint density at radius 3 is 2.67 bits per heavy atom. The molecular weight excluding hydrogens is 252 g/mol. The Bertz CT molecular complexity index is 438. The summed E-state index contributed by atoms with van der Waals surface area (Å²) < 4.78 is 0. The molecule has 0 bridgehead atoms. The molecule has 6 heteroatoms. The third-order valence-electron chi connectivity index (χ3n) is 3.05. The van der Waals surface area contributed by atoms with Gasteiger partial charge in [-0.25, -0.2) is 9.59 Å². The summed E-state index contributed by atoms with van der Waals surface area (Å²) in [6.07, 6.45) is 5.52. The molecule has 0 atom stereocenters. The van der Waals surface area contributed by atoms with E-state index in [4.69, 9.17) is 5.11 Å². The van der Waals surface area contributed by atoms with Crippen LogP contribution in [0.5, 0.6) is 0 Å². The quantitative estimate of drug-likeness (QED) is 0.788. The molecule has 0 aromatic carbocycles. The minimum Gasteiger partial charge on any atom is -0.477 e. The van der Waals surface area contributed by atoms with Gasteiger partial charge in [0.25, 0.3) is 0 Å². The first-order valence-corrected chi connectivity index (χ1v) is 6.93. The first-order valence-electron chi connectivity index (χ1n) is 6.05. The summed E-state index contributed by atoms with van der Waals surface area (Å²) in [6, 6.07) is 1.50. The minimum absolute atomic E-state index is 0.161. The van der Waals surface area contributed by atoms with Gasteiger partial charge >= 0.3 is 12.0 Å². The summed E-state index contributed by atoms with van der Waals surface area (Å²) in [5.41, 5.74) is 0.362. The van der Waals surface area contributed by atoms with Crippen molar-refractivity contribution in [3.8, 4) is 0 Å². The van der Waals surface area contributed by atoms with Crippen LogP contribution in [0.3, 0.4) is 0 Å². The summed E-state index contributed by atoms with van der Waals surface area (Å²) in [4.78, 5) is 22.8. The van der Waals surface area contributed by atoms with Gasteiger partial charge in [0.05, 0.1) is 5.69 Å². The van der Waals surface area contributed by atoms with Gasteiger partial charge in [-0.05, 0) is 24.3 Å². The summed E-state index contributed by atoms with van der Waals surface area (Å²) in [5.74, 6) is -1.02. The van der Waals surface area contributed by atoms with E-state index in [1.807, 2.05) is 0 Å². The molecule has 1 fully saturated rings. The third kappa shape index (κ3) is 3.22. The summed E-state index contributed by atoms with van der Waals surface area (Å²) in [7, 11) is 0. The smallest absolute Gasteiger partial charge is 0.348 e. The third-order valence-corrected chi connectivity index (χ3v) is 3.95. The highest BCUT2D eigenvalue weighted by Gasteiger charge is 2.18.